The van der Waals surface area contributed by atoms with Gasteiger partial charge in [-0.1, -0.05) is 37.3 Å². The average Bonchev–Trinajstić information content (AvgIpc) is 2.83. The Balaban J connectivity index is 1.38. The van der Waals surface area contributed by atoms with Crippen LogP contribution in [-0.2, 0) is 32.6 Å². The Morgan fingerprint density at radius 1 is 0.909 bits per heavy atom. The molecule has 2 aromatic carbocycles. The van der Waals surface area contributed by atoms with E-state index < -0.39 is 21.8 Å². The lowest BCUT2D eigenvalue weighted by molar-refractivity contribution is -0.158. The summed E-state index contributed by atoms with van der Waals surface area (Å²) >= 11 is 0. The molecule has 0 bridgehead atoms. The summed E-state index contributed by atoms with van der Waals surface area (Å²) in [7, 11) is -3.60. The molecular formula is C24H28FN3O4S. The molecule has 0 saturated carbocycles. The van der Waals surface area contributed by atoms with E-state index in [1.807, 2.05) is 19.1 Å². The van der Waals surface area contributed by atoms with Gasteiger partial charge < -0.3 is 9.80 Å². The second-order valence-corrected chi connectivity index (χ2v) is 10.4. The number of piperazine rings is 1. The molecule has 2 aliphatic heterocycles. The van der Waals surface area contributed by atoms with Crippen molar-refractivity contribution in [2.24, 2.45) is 0 Å². The number of halogens is 1. The van der Waals surface area contributed by atoms with Crippen molar-refractivity contribution in [2.75, 3.05) is 26.2 Å². The number of benzene rings is 2. The van der Waals surface area contributed by atoms with Crippen molar-refractivity contribution in [1.82, 2.24) is 14.1 Å². The number of piperidine rings is 1. The van der Waals surface area contributed by atoms with Crippen LogP contribution in [-0.4, -0.2) is 66.6 Å². The number of sulfonamides is 1. The summed E-state index contributed by atoms with van der Waals surface area (Å²) in [6.07, 6.45) is 1.61. The molecule has 2 saturated heterocycles. The molecule has 9 heteroatoms. The molecule has 0 unspecified atom stereocenters. The van der Waals surface area contributed by atoms with Crippen molar-refractivity contribution in [3.05, 3.63) is 65.5 Å². The van der Waals surface area contributed by atoms with Gasteiger partial charge in [-0.25, -0.2) is 12.8 Å². The highest BCUT2D eigenvalue weighted by Gasteiger charge is 2.39. The minimum absolute atomic E-state index is 0.165. The molecule has 2 fully saturated rings. The first kappa shape index (κ1) is 23.4. The highest BCUT2D eigenvalue weighted by molar-refractivity contribution is 7.89. The Bertz CT molecular complexity index is 1130. The van der Waals surface area contributed by atoms with Gasteiger partial charge in [-0.2, -0.15) is 4.31 Å². The van der Waals surface area contributed by atoms with Gasteiger partial charge in [-0.05, 0) is 48.6 Å². The van der Waals surface area contributed by atoms with Gasteiger partial charge in [0.1, 0.15) is 5.82 Å². The van der Waals surface area contributed by atoms with E-state index in [0.717, 1.165) is 11.1 Å². The first-order chi connectivity index (χ1) is 15.8. The Morgan fingerprint density at radius 3 is 2.24 bits per heavy atom. The Kier molecular flexibility index (Phi) is 6.81. The monoisotopic (exact) mass is 473 g/mol. The van der Waals surface area contributed by atoms with Gasteiger partial charge in [0, 0.05) is 38.8 Å². The molecule has 0 aliphatic carbocycles. The van der Waals surface area contributed by atoms with Crippen LogP contribution in [0.5, 0.6) is 0 Å². The number of carbonyl (C=O) groups is 2. The zero-order valence-corrected chi connectivity index (χ0v) is 19.4. The Hall–Kier alpha value is -2.78. The van der Waals surface area contributed by atoms with Crippen molar-refractivity contribution in [3.63, 3.8) is 0 Å². The second kappa shape index (κ2) is 9.61. The summed E-state index contributed by atoms with van der Waals surface area (Å²) in [5, 5.41) is 0. The van der Waals surface area contributed by atoms with Crippen LogP contribution in [0.15, 0.2) is 53.4 Å². The lowest BCUT2D eigenvalue weighted by Crippen LogP contribution is -2.58. The van der Waals surface area contributed by atoms with Crippen LogP contribution in [0.3, 0.4) is 0 Å². The fourth-order valence-electron chi connectivity index (χ4n) is 4.58. The Morgan fingerprint density at radius 2 is 1.58 bits per heavy atom. The maximum absolute atomic E-state index is 13.2. The van der Waals surface area contributed by atoms with Crippen molar-refractivity contribution >= 4 is 21.8 Å². The highest BCUT2D eigenvalue weighted by atomic mass is 32.2. The number of aryl methyl sites for hydroxylation is 1. The number of hydrogen-bond donors (Lipinski definition) is 0. The molecule has 0 radical (unpaired) electrons. The van der Waals surface area contributed by atoms with Crippen molar-refractivity contribution in [3.8, 4) is 0 Å². The molecule has 2 heterocycles. The largest absolute Gasteiger partial charge is 0.330 e. The molecule has 4 rings (SSSR count). The predicted molar refractivity (Wildman–Crippen MR) is 121 cm³/mol. The summed E-state index contributed by atoms with van der Waals surface area (Å²) < 4.78 is 40.9. The molecule has 7 nitrogen and oxygen atoms in total. The van der Waals surface area contributed by atoms with Gasteiger partial charge in [0.05, 0.1) is 4.90 Å². The molecule has 0 atom stereocenters. The molecule has 176 valence electrons. The molecule has 2 aromatic rings. The topological polar surface area (TPSA) is 78.0 Å². The van der Waals surface area contributed by atoms with E-state index in [1.165, 1.54) is 21.3 Å². The van der Waals surface area contributed by atoms with E-state index in [1.54, 1.807) is 29.2 Å². The molecule has 0 spiro atoms. The maximum Gasteiger partial charge on any atom is 0.312 e. The normalized spacial score (nSPS) is 18.7. The quantitative estimate of drug-likeness (QED) is 0.604. The van der Waals surface area contributed by atoms with Crippen LogP contribution in [0, 0.1) is 5.82 Å². The fraction of sp³-hybridized carbons (Fsp3) is 0.417. The van der Waals surface area contributed by atoms with Gasteiger partial charge in [0.2, 0.25) is 10.0 Å². The molecule has 0 aromatic heterocycles. The van der Waals surface area contributed by atoms with Crippen LogP contribution in [0.25, 0.3) is 0 Å². The predicted octanol–water partition coefficient (Wildman–Crippen LogP) is 2.41. The maximum atomic E-state index is 13.2. The zero-order valence-electron chi connectivity index (χ0n) is 18.6. The van der Waals surface area contributed by atoms with Crippen LogP contribution < -0.4 is 0 Å². The summed E-state index contributed by atoms with van der Waals surface area (Å²) in [6, 6.07) is 12.7. The van der Waals surface area contributed by atoms with Gasteiger partial charge in [0.15, 0.2) is 0 Å². The van der Waals surface area contributed by atoms with Crippen LogP contribution >= 0.6 is 0 Å². The van der Waals surface area contributed by atoms with E-state index in [-0.39, 0.29) is 18.4 Å². The molecule has 2 aliphatic rings. The van der Waals surface area contributed by atoms with Crippen molar-refractivity contribution in [1.29, 1.82) is 0 Å². The zero-order chi connectivity index (χ0) is 23.6. The summed E-state index contributed by atoms with van der Waals surface area (Å²) in [6.45, 7) is 3.60. The number of amides is 2. The number of carbonyl (C=O) groups excluding carboxylic acids is 2. The average molecular weight is 474 g/mol. The van der Waals surface area contributed by atoms with E-state index in [9.17, 15) is 22.4 Å². The Labute approximate surface area is 193 Å². The molecular weight excluding hydrogens is 445 g/mol. The van der Waals surface area contributed by atoms with E-state index in [0.29, 0.717) is 50.3 Å². The lowest BCUT2D eigenvalue weighted by Gasteiger charge is -2.41. The number of nitrogens with zero attached hydrogens (tertiary/aromatic N) is 3. The van der Waals surface area contributed by atoms with Gasteiger partial charge in [0.25, 0.3) is 0 Å². The van der Waals surface area contributed by atoms with Crippen LogP contribution in [0.2, 0.25) is 0 Å². The van der Waals surface area contributed by atoms with Gasteiger partial charge in [-0.15, -0.1) is 0 Å². The fourth-order valence-corrected chi connectivity index (χ4v) is 6.34. The van der Waals surface area contributed by atoms with Crippen LogP contribution in [0.4, 0.5) is 4.39 Å². The molecule has 33 heavy (non-hydrogen) atoms. The standard InChI is InChI=1S/C24H28FN3O4S/c1-2-19-5-3-4-6-22(19)33(31,32)27-13-11-21(12-14-27)28-16-15-26(23(29)24(28)30)17-18-7-9-20(25)10-8-18/h3-10,21H,2,11-17H2,1H3. The molecule has 2 amide bonds. The van der Waals surface area contributed by atoms with Crippen molar-refractivity contribution < 1.29 is 22.4 Å². The third kappa shape index (κ3) is 4.79. The lowest BCUT2D eigenvalue weighted by atomic mass is 10.0. The summed E-state index contributed by atoms with van der Waals surface area (Å²) in [5.41, 5.74) is 1.55. The first-order valence-corrected chi connectivity index (χ1v) is 12.7. The minimum Gasteiger partial charge on any atom is -0.330 e. The number of rotatable bonds is 6. The highest BCUT2D eigenvalue weighted by Crippen LogP contribution is 2.26. The summed E-state index contributed by atoms with van der Waals surface area (Å²) in [4.78, 5) is 28.9. The molecule has 0 N–H and O–H groups in total. The minimum atomic E-state index is -3.60. The van der Waals surface area contributed by atoms with Crippen LogP contribution in [0.1, 0.15) is 30.9 Å². The summed E-state index contributed by atoms with van der Waals surface area (Å²) in [5.74, 6) is -1.48. The van der Waals surface area contributed by atoms with Crippen molar-refractivity contribution in [2.45, 2.75) is 43.7 Å². The third-order valence-electron chi connectivity index (χ3n) is 6.46. The van der Waals surface area contributed by atoms with Gasteiger partial charge in [-0.3, -0.25) is 9.59 Å². The SMILES string of the molecule is CCc1ccccc1S(=O)(=O)N1CCC(N2CCN(Cc3ccc(F)cc3)C(=O)C2=O)CC1. The smallest absolute Gasteiger partial charge is 0.312 e. The number of hydrogen-bond acceptors (Lipinski definition) is 4. The van der Waals surface area contributed by atoms with E-state index >= 15 is 0 Å². The van der Waals surface area contributed by atoms with Gasteiger partial charge >= 0.3 is 11.8 Å². The second-order valence-electron chi connectivity index (χ2n) is 8.45. The van der Waals surface area contributed by atoms with E-state index in [4.69, 9.17) is 0 Å². The van der Waals surface area contributed by atoms with E-state index in [2.05, 4.69) is 0 Å². The first-order valence-electron chi connectivity index (χ1n) is 11.2. The third-order valence-corrected chi connectivity index (χ3v) is 8.46.